The number of amides is 1. The van der Waals surface area contributed by atoms with Gasteiger partial charge in [0.25, 0.3) is 0 Å². The Balaban J connectivity index is 1.59. The minimum atomic E-state index is 0.0397. The van der Waals surface area contributed by atoms with Crippen LogP contribution < -0.4 is 5.32 Å². The van der Waals surface area contributed by atoms with Crippen molar-refractivity contribution in [2.75, 3.05) is 26.7 Å². The molecule has 1 N–H and O–H groups in total. The van der Waals surface area contributed by atoms with Crippen molar-refractivity contribution in [1.29, 1.82) is 0 Å². The molecule has 1 aliphatic heterocycles. The van der Waals surface area contributed by atoms with Gasteiger partial charge in [-0.25, -0.2) is 0 Å². The summed E-state index contributed by atoms with van der Waals surface area (Å²) in [5.41, 5.74) is 1.16. The smallest absolute Gasteiger partial charge is 0.237 e. The standard InChI is InChI=1S/C16H24N2O2/c1-18-11-6-5-9-15(18)16(19)17-10-12-20-13-14-7-3-2-4-8-14/h2-4,7-8,15H,5-6,9-13H2,1H3,(H,17,19)/t15-/m0/s1. The van der Waals surface area contributed by atoms with E-state index in [1.165, 1.54) is 6.42 Å². The third-order valence-electron chi connectivity index (χ3n) is 3.73. The molecule has 4 nitrogen and oxygen atoms in total. The molecule has 110 valence electrons. The second-order valence-corrected chi connectivity index (χ2v) is 5.32. The molecule has 0 aliphatic carbocycles. The van der Waals surface area contributed by atoms with Gasteiger partial charge in [-0.3, -0.25) is 9.69 Å². The quantitative estimate of drug-likeness (QED) is 0.806. The minimum Gasteiger partial charge on any atom is -0.375 e. The van der Waals surface area contributed by atoms with Crippen LogP contribution in [0.5, 0.6) is 0 Å². The van der Waals surface area contributed by atoms with Crippen LogP contribution in [0.2, 0.25) is 0 Å². The van der Waals surface area contributed by atoms with Crippen LogP contribution in [0, 0.1) is 0 Å². The molecule has 0 radical (unpaired) electrons. The first kappa shape index (κ1) is 15.0. The van der Waals surface area contributed by atoms with E-state index < -0.39 is 0 Å². The van der Waals surface area contributed by atoms with Crippen molar-refractivity contribution in [3.8, 4) is 0 Å². The number of carbonyl (C=O) groups is 1. The zero-order valence-electron chi connectivity index (χ0n) is 12.2. The number of likely N-dealkylation sites (tertiary alicyclic amines) is 1. The fourth-order valence-corrected chi connectivity index (χ4v) is 2.53. The Hall–Kier alpha value is -1.39. The van der Waals surface area contributed by atoms with E-state index >= 15 is 0 Å². The first-order chi connectivity index (χ1) is 9.77. The highest BCUT2D eigenvalue weighted by atomic mass is 16.5. The van der Waals surface area contributed by atoms with Crippen molar-refractivity contribution < 1.29 is 9.53 Å². The van der Waals surface area contributed by atoms with E-state index in [0.717, 1.165) is 24.9 Å². The second-order valence-electron chi connectivity index (χ2n) is 5.32. The highest BCUT2D eigenvalue weighted by molar-refractivity contribution is 5.81. The average molecular weight is 276 g/mol. The molecule has 1 fully saturated rings. The Morgan fingerprint density at radius 2 is 2.15 bits per heavy atom. The SMILES string of the molecule is CN1CCCC[C@H]1C(=O)NCCOCc1ccccc1. The van der Waals surface area contributed by atoms with Crippen LogP contribution in [-0.4, -0.2) is 43.6 Å². The summed E-state index contributed by atoms with van der Waals surface area (Å²) in [6, 6.07) is 10.1. The molecule has 0 bridgehead atoms. The topological polar surface area (TPSA) is 41.6 Å². The van der Waals surface area contributed by atoms with E-state index in [2.05, 4.69) is 10.2 Å². The summed E-state index contributed by atoms with van der Waals surface area (Å²) in [7, 11) is 2.02. The molecule has 0 aromatic heterocycles. The van der Waals surface area contributed by atoms with Gasteiger partial charge in [0, 0.05) is 6.54 Å². The van der Waals surface area contributed by atoms with Gasteiger partial charge < -0.3 is 10.1 Å². The molecule has 1 aliphatic rings. The molecule has 0 unspecified atom stereocenters. The number of nitrogens with zero attached hydrogens (tertiary/aromatic N) is 1. The molecule has 20 heavy (non-hydrogen) atoms. The molecule has 1 saturated heterocycles. The number of hydrogen-bond acceptors (Lipinski definition) is 3. The molecule has 0 spiro atoms. The summed E-state index contributed by atoms with van der Waals surface area (Å²) in [4.78, 5) is 14.2. The van der Waals surface area contributed by atoms with E-state index in [-0.39, 0.29) is 11.9 Å². The Bertz CT molecular complexity index is 408. The van der Waals surface area contributed by atoms with Crippen molar-refractivity contribution in [2.24, 2.45) is 0 Å². The predicted molar refractivity (Wildman–Crippen MR) is 79.4 cm³/mol. The van der Waals surface area contributed by atoms with E-state index in [4.69, 9.17) is 4.74 Å². The maximum atomic E-state index is 12.0. The highest BCUT2D eigenvalue weighted by Gasteiger charge is 2.25. The summed E-state index contributed by atoms with van der Waals surface area (Å²) in [6.07, 6.45) is 3.31. The van der Waals surface area contributed by atoms with Crippen molar-refractivity contribution in [2.45, 2.75) is 31.9 Å². The van der Waals surface area contributed by atoms with Crippen molar-refractivity contribution in [3.05, 3.63) is 35.9 Å². The number of carbonyl (C=O) groups excluding carboxylic acids is 1. The van der Waals surface area contributed by atoms with Crippen LogP contribution in [0.25, 0.3) is 0 Å². The molecule has 1 aromatic carbocycles. The van der Waals surface area contributed by atoms with E-state index in [9.17, 15) is 4.79 Å². The summed E-state index contributed by atoms with van der Waals surface area (Å²) in [6.45, 7) is 2.75. The first-order valence-electron chi connectivity index (χ1n) is 7.37. The van der Waals surface area contributed by atoms with Crippen LogP contribution in [0.15, 0.2) is 30.3 Å². The molecule has 1 aromatic rings. The fraction of sp³-hybridized carbons (Fsp3) is 0.562. The Labute approximate surface area is 121 Å². The van der Waals surface area contributed by atoms with Crippen LogP contribution in [-0.2, 0) is 16.1 Å². The van der Waals surface area contributed by atoms with Gasteiger partial charge in [0.2, 0.25) is 5.91 Å². The van der Waals surface area contributed by atoms with E-state index in [1.807, 2.05) is 37.4 Å². The zero-order valence-corrected chi connectivity index (χ0v) is 12.2. The van der Waals surface area contributed by atoms with Gasteiger partial charge in [0.1, 0.15) is 0 Å². The van der Waals surface area contributed by atoms with Crippen LogP contribution in [0.3, 0.4) is 0 Å². The number of likely N-dealkylation sites (N-methyl/N-ethyl adjacent to an activating group) is 1. The summed E-state index contributed by atoms with van der Waals surface area (Å²) >= 11 is 0. The monoisotopic (exact) mass is 276 g/mol. The van der Waals surface area contributed by atoms with Crippen molar-refractivity contribution >= 4 is 5.91 Å². The normalized spacial score (nSPS) is 19.8. The lowest BCUT2D eigenvalue weighted by atomic mass is 10.0. The number of piperidine rings is 1. The van der Waals surface area contributed by atoms with Crippen LogP contribution in [0.4, 0.5) is 0 Å². The average Bonchev–Trinajstić information content (AvgIpc) is 2.48. The first-order valence-corrected chi connectivity index (χ1v) is 7.37. The lowest BCUT2D eigenvalue weighted by Gasteiger charge is -2.31. The van der Waals surface area contributed by atoms with Gasteiger partial charge in [-0.15, -0.1) is 0 Å². The second kappa shape index (κ2) is 8.02. The van der Waals surface area contributed by atoms with Gasteiger partial charge in [-0.2, -0.15) is 0 Å². The van der Waals surface area contributed by atoms with Gasteiger partial charge in [0.05, 0.1) is 19.3 Å². The molecule has 1 heterocycles. The lowest BCUT2D eigenvalue weighted by Crippen LogP contribution is -2.48. The molecular weight excluding hydrogens is 252 g/mol. The molecular formula is C16H24N2O2. The highest BCUT2D eigenvalue weighted by Crippen LogP contribution is 2.14. The molecule has 1 amide bonds. The number of ether oxygens (including phenoxy) is 1. The molecule has 2 rings (SSSR count). The van der Waals surface area contributed by atoms with Crippen LogP contribution in [0.1, 0.15) is 24.8 Å². The van der Waals surface area contributed by atoms with Crippen LogP contribution >= 0.6 is 0 Å². The third-order valence-corrected chi connectivity index (χ3v) is 3.73. The number of hydrogen-bond donors (Lipinski definition) is 1. The Morgan fingerprint density at radius 1 is 1.35 bits per heavy atom. The van der Waals surface area contributed by atoms with Crippen molar-refractivity contribution in [1.82, 2.24) is 10.2 Å². The van der Waals surface area contributed by atoms with E-state index in [1.54, 1.807) is 0 Å². The van der Waals surface area contributed by atoms with Gasteiger partial charge in [-0.1, -0.05) is 36.8 Å². The minimum absolute atomic E-state index is 0.0397. The maximum absolute atomic E-state index is 12.0. The largest absolute Gasteiger partial charge is 0.375 e. The van der Waals surface area contributed by atoms with Gasteiger partial charge in [-0.05, 0) is 32.0 Å². The lowest BCUT2D eigenvalue weighted by molar-refractivity contribution is -0.127. The Morgan fingerprint density at radius 3 is 2.90 bits per heavy atom. The predicted octanol–water partition coefficient (Wildman–Crippen LogP) is 1.80. The van der Waals surface area contributed by atoms with E-state index in [0.29, 0.717) is 19.8 Å². The summed E-state index contributed by atoms with van der Waals surface area (Å²) < 4.78 is 5.56. The van der Waals surface area contributed by atoms with Gasteiger partial charge in [0.15, 0.2) is 0 Å². The van der Waals surface area contributed by atoms with Crippen molar-refractivity contribution in [3.63, 3.8) is 0 Å². The van der Waals surface area contributed by atoms with Gasteiger partial charge >= 0.3 is 0 Å². The summed E-state index contributed by atoms with van der Waals surface area (Å²) in [5.74, 6) is 0.135. The molecule has 4 heteroatoms. The number of benzene rings is 1. The fourth-order valence-electron chi connectivity index (χ4n) is 2.53. The molecule has 1 atom stereocenters. The number of nitrogens with one attached hydrogen (secondary N) is 1. The maximum Gasteiger partial charge on any atom is 0.237 e. The molecule has 0 saturated carbocycles. The zero-order chi connectivity index (χ0) is 14.2. The number of rotatable bonds is 6. The Kier molecular flexibility index (Phi) is 6.02. The summed E-state index contributed by atoms with van der Waals surface area (Å²) in [5, 5.41) is 2.96. The third kappa shape index (κ3) is 4.62.